The quantitative estimate of drug-likeness (QED) is 0.438. The summed E-state index contributed by atoms with van der Waals surface area (Å²) in [4.78, 5) is 9.99. The zero-order chi connectivity index (χ0) is 19.5. The fourth-order valence-corrected chi connectivity index (χ4v) is 4.96. The van der Waals surface area contributed by atoms with Crippen molar-refractivity contribution in [2.45, 2.75) is 6.04 Å². The van der Waals surface area contributed by atoms with Gasteiger partial charge in [0.25, 0.3) is 0 Å². The lowest BCUT2D eigenvalue weighted by atomic mass is 10.1. The maximum atomic E-state index is 11.9. The molecule has 0 saturated heterocycles. The van der Waals surface area contributed by atoms with Crippen molar-refractivity contribution in [3.8, 4) is 10.4 Å². The molecule has 0 amide bonds. The fraction of sp³-hybridized carbons (Fsp3) is 0.143. The van der Waals surface area contributed by atoms with Crippen molar-refractivity contribution in [1.29, 1.82) is 0 Å². The Labute approximate surface area is 175 Å². The molecule has 0 unspecified atom stereocenters. The van der Waals surface area contributed by atoms with E-state index >= 15 is 0 Å². The monoisotopic (exact) mass is 427 g/mol. The van der Waals surface area contributed by atoms with Crippen LogP contribution in [0.3, 0.4) is 0 Å². The normalized spacial score (nSPS) is 13.4. The number of aromatic nitrogens is 2. The summed E-state index contributed by atoms with van der Waals surface area (Å²) < 4.78 is 12.9. The molecule has 0 aliphatic carbocycles. The Hall–Kier alpha value is -2.28. The first kappa shape index (κ1) is 19.1. The number of anilines is 1. The minimum Gasteiger partial charge on any atom is -0.361 e. The molecule has 0 aliphatic rings. The third-order valence-electron chi connectivity index (χ3n) is 4.35. The summed E-state index contributed by atoms with van der Waals surface area (Å²) >= 11 is 7.64. The van der Waals surface area contributed by atoms with Gasteiger partial charge in [0.15, 0.2) is 0 Å². The van der Waals surface area contributed by atoms with Gasteiger partial charge < -0.3 is 5.32 Å². The molecule has 142 valence electrons. The van der Waals surface area contributed by atoms with Crippen molar-refractivity contribution in [3.63, 3.8) is 0 Å². The fourth-order valence-electron chi connectivity index (χ4n) is 3.02. The van der Waals surface area contributed by atoms with Gasteiger partial charge in [-0.15, -0.1) is 11.3 Å². The lowest BCUT2D eigenvalue weighted by Crippen LogP contribution is -2.18. The van der Waals surface area contributed by atoms with Gasteiger partial charge >= 0.3 is 0 Å². The summed E-state index contributed by atoms with van der Waals surface area (Å²) in [5, 5.41) is 4.20. The Bertz CT molecular complexity index is 1110. The van der Waals surface area contributed by atoms with Crippen LogP contribution in [0.2, 0.25) is 5.02 Å². The first-order valence-corrected chi connectivity index (χ1v) is 11.6. The number of halogens is 1. The maximum Gasteiger partial charge on any atom is 0.147 e. The van der Waals surface area contributed by atoms with Crippen LogP contribution in [0.5, 0.6) is 0 Å². The maximum absolute atomic E-state index is 11.9. The topological polar surface area (TPSA) is 54.9 Å². The van der Waals surface area contributed by atoms with Gasteiger partial charge in [0, 0.05) is 32.7 Å². The van der Waals surface area contributed by atoms with Gasteiger partial charge in [-0.2, -0.15) is 0 Å². The smallest absolute Gasteiger partial charge is 0.147 e. The van der Waals surface area contributed by atoms with Gasteiger partial charge in [-0.1, -0.05) is 54.1 Å². The molecule has 2 heterocycles. The number of rotatable bonds is 6. The zero-order valence-corrected chi connectivity index (χ0v) is 17.5. The largest absolute Gasteiger partial charge is 0.361 e. The molecular weight excluding hydrogens is 410 g/mol. The average molecular weight is 428 g/mol. The van der Waals surface area contributed by atoms with Gasteiger partial charge in [-0.3, -0.25) is 4.21 Å². The second-order valence-electron chi connectivity index (χ2n) is 6.40. The minimum atomic E-state index is -0.945. The van der Waals surface area contributed by atoms with Crippen molar-refractivity contribution in [2.24, 2.45) is 0 Å². The van der Waals surface area contributed by atoms with Crippen LogP contribution in [0.4, 0.5) is 5.82 Å². The number of thiophene rings is 1. The van der Waals surface area contributed by atoms with Gasteiger partial charge in [0.2, 0.25) is 0 Å². The van der Waals surface area contributed by atoms with Crippen LogP contribution in [0, 0.1) is 0 Å². The van der Waals surface area contributed by atoms with E-state index < -0.39 is 10.8 Å². The summed E-state index contributed by atoms with van der Waals surface area (Å²) in [6.45, 7) is 0. The van der Waals surface area contributed by atoms with E-state index in [0.29, 0.717) is 10.8 Å². The molecule has 7 heteroatoms. The van der Waals surface area contributed by atoms with E-state index in [2.05, 4.69) is 21.4 Å². The van der Waals surface area contributed by atoms with E-state index in [1.54, 1.807) is 23.9 Å². The molecule has 0 radical (unpaired) electrons. The van der Waals surface area contributed by atoms with Gasteiger partial charge in [0.1, 0.15) is 12.1 Å². The molecule has 4 aromatic rings. The first-order valence-electron chi connectivity index (χ1n) is 8.72. The Morgan fingerprint density at radius 1 is 1.11 bits per heavy atom. The molecule has 0 bridgehead atoms. The minimum absolute atomic E-state index is 0.0915. The van der Waals surface area contributed by atoms with Crippen molar-refractivity contribution in [3.05, 3.63) is 77.6 Å². The van der Waals surface area contributed by atoms with Crippen molar-refractivity contribution < 1.29 is 4.21 Å². The van der Waals surface area contributed by atoms with E-state index in [1.807, 2.05) is 54.6 Å². The molecule has 1 N–H and O–H groups in total. The number of nitrogens with one attached hydrogen (secondary N) is 1. The third kappa shape index (κ3) is 4.24. The highest BCUT2D eigenvalue weighted by Crippen LogP contribution is 2.37. The van der Waals surface area contributed by atoms with Crippen molar-refractivity contribution in [1.82, 2.24) is 9.97 Å². The van der Waals surface area contributed by atoms with E-state index in [4.69, 9.17) is 11.6 Å². The van der Waals surface area contributed by atoms with Crippen LogP contribution < -0.4 is 5.32 Å². The van der Waals surface area contributed by atoms with Gasteiger partial charge in [-0.25, -0.2) is 9.97 Å². The predicted octanol–water partition coefficient (Wildman–Crippen LogP) is 5.54. The Balaban J connectivity index is 1.71. The SMILES string of the molecule is C[S@](=O)C[C@H](Nc1ncnc2cc(-c3ccc(Cl)cc3)sc12)c1ccccc1. The second kappa shape index (κ2) is 8.39. The second-order valence-corrected chi connectivity index (χ2v) is 9.37. The number of benzene rings is 2. The molecule has 28 heavy (non-hydrogen) atoms. The van der Waals surface area contributed by atoms with E-state index in [-0.39, 0.29) is 6.04 Å². The van der Waals surface area contributed by atoms with Gasteiger partial charge in [-0.05, 0) is 29.3 Å². The van der Waals surface area contributed by atoms with Crippen LogP contribution in [0.15, 0.2) is 67.0 Å². The van der Waals surface area contributed by atoms with Crippen LogP contribution >= 0.6 is 22.9 Å². The molecule has 0 fully saturated rings. The molecule has 4 nitrogen and oxygen atoms in total. The van der Waals surface area contributed by atoms with E-state index in [1.165, 1.54) is 0 Å². The van der Waals surface area contributed by atoms with Crippen molar-refractivity contribution in [2.75, 3.05) is 17.3 Å². The van der Waals surface area contributed by atoms with Crippen LogP contribution in [-0.2, 0) is 10.8 Å². The van der Waals surface area contributed by atoms with Crippen molar-refractivity contribution >= 4 is 49.8 Å². The highest BCUT2D eigenvalue weighted by molar-refractivity contribution is 7.84. The number of hydrogen-bond acceptors (Lipinski definition) is 5. The summed E-state index contributed by atoms with van der Waals surface area (Å²) in [7, 11) is -0.945. The Kier molecular flexibility index (Phi) is 5.71. The molecule has 2 atom stereocenters. The average Bonchev–Trinajstić information content (AvgIpc) is 3.14. The number of fused-ring (bicyclic) bond motifs is 1. The van der Waals surface area contributed by atoms with Crippen LogP contribution in [0.1, 0.15) is 11.6 Å². The molecular formula is C21H18ClN3OS2. The summed E-state index contributed by atoms with van der Waals surface area (Å²) in [6.07, 6.45) is 3.28. The predicted molar refractivity (Wildman–Crippen MR) is 120 cm³/mol. The van der Waals surface area contributed by atoms with Crippen LogP contribution in [-0.4, -0.2) is 26.2 Å². The van der Waals surface area contributed by atoms with Gasteiger partial charge in [0.05, 0.1) is 16.3 Å². The molecule has 0 aliphatic heterocycles. The third-order valence-corrected chi connectivity index (χ3v) is 6.59. The number of hydrogen-bond donors (Lipinski definition) is 1. The highest BCUT2D eigenvalue weighted by atomic mass is 35.5. The molecule has 0 spiro atoms. The Morgan fingerprint density at radius 2 is 1.86 bits per heavy atom. The lowest BCUT2D eigenvalue weighted by Gasteiger charge is -2.19. The first-order chi connectivity index (χ1) is 13.6. The number of nitrogens with zero attached hydrogens (tertiary/aromatic N) is 2. The summed E-state index contributed by atoms with van der Waals surface area (Å²) in [6, 6.07) is 19.8. The standard InChI is InChI=1S/C21H18ClN3OS2/c1-28(26)12-18(14-5-3-2-4-6-14)25-21-20-17(23-13-24-21)11-19(27-20)15-7-9-16(22)10-8-15/h2-11,13,18H,12H2,1H3,(H,23,24,25)/t18-,28-/m0/s1. The summed E-state index contributed by atoms with van der Waals surface area (Å²) in [5.74, 6) is 1.26. The zero-order valence-electron chi connectivity index (χ0n) is 15.1. The summed E-state index contributed by atoms with van der Waals surface area (Å²) in [5.41, 5.74) is 3.06. The lowest BCUT2D eigenvalue weighted by molar-refractivity contribution is 0.682. The van der Waals surface area contributed by atoms with E-state index in [9.17, 15) is 4.21 Å². The van der Waals surface area contributed by atoms with E-state index in [0.717, 1.165) is 32.0 Å². The highest BCUT2D eigenvalue weighted by Gasteiger charge is 2.17. The molecule has 0 saturated carbocycles. The molecule has 2 aromatic heterocycles. The molecule has 2 aromatic carbocycles. The van der Waals surface area contributed by atoms with Crippen LogP contribution in [0.25, 0.3) is 20.7 Å². The Morgan fingerprint density at radius 3 is 2.57 bits per heavy atom. The molecule has 4 rings (SSSR count).